The lowest BCUT2D eigenvalue weighted by Crippen LogP contribution is -2.60. The standard InChI is InChI=1S/C23H24BN5O9/c1-2-28-9-10-29(21(33)20(28)32)23(36)27-17(14-7-4-8-16(30)25-14)19(31)26-15-11-12-5-3-6-13(22(34)35)18(12)38-24(15)37/h3-8,15,17,37H,2,9-11H2,1H3,(H,25,30)(H,26,31)(H,27,36)(H,34,35)/t15-,17?/m0/s1. The van der Waals surface area contributed by atoms with E-state index in [0.717, 1.165) is 0 Å². The van der Waals surface area contributed by atoms with Gasteiger partial charge in [-0.3, -0.25) is 24.1 Å². The van der Waals surface area contributed by atoms with Crippen LogP contribution in [-0.2, 0) is 20.8 Å². The highest BCUT2D eigenvalue weighted by Crippen LogP contribution is 2.30. The number of imide groups is 1. The number of amides is 5. The number of para-hydroxylation sites is 1. The number of urea groups is 1. The first-order chi connectivity index (χ1) is 18.1. The number of rotatable bonds is 6. The lowest BCUT2D eigenvalue weighted by molar-refractivity contribution is -0.153. The predicted molar refractivity (Wildman–Crippen MR) is 130 cm³/mol. The molecule has 0 bridgehead atoms. The maximum Gasteiger partial charge on any atom is 0.547 e. The van der Waals surface area contributed by atoms with E-state index in [-0.39, 0.29) is 36.5 Å². The molecule has 4 rings (SSSR count). The van der Waals surface area contributed by atoms with Gasteiger partial charge < -0.3 is 35.3 Å². The van der Waals surface area contributed by atoms with Gasteiger partial charge in [0.25, 0.3) is 0 Å². The zero-order valence-electron chi connectivity index (χ0n) is 20.2. The van der Waals surface area contributed by atoms with Gasteiger partial charge >= 0.3 is 30.9 Å². The number of H-pyrrole nitrogens is 1. The van der Waals surface area contributed by atoms with Crippen molar-refractivity contribution in [1.82, 2.24) is 25.4 Å². The molecule has 3 heterocycles. The maximum atomic E-state index is 13.3. The fourth-order valence-electron chi connectivity index (χ4n) is 4.27. The second-order valence-electron chi connectivity index (χ2n) is 8.62. The largest absolute Gasteiger partial charge is 0.547 e. The summed E-state index contributed by atoms with van der Waals surface area (Å²) < 4.78 is 5.38. The number of carbonyl (C=O) groups excluding carboxylic acids is 4. The summed E-state index contributed by atoms with van der Waals surface area (Å²) in [5.41, 5.74) is -0.310. The third-order valence-corrected chi connectivity index (χ3v) is 6.24. The van der Waals surface area contributed by atoms with Gasteiger partial charge in [-0.05, 0) is 31.0 Å². The molecular weight excluding hydrogens is 501 g/mol. The Hall–Kier alpha value is -4.66. The highest BCUT2D eigenvalue weighted by molar-refractivity contribution is 6.47. The Morgan fingerprint density at radius 1 is 1.13 bits per heavy atom. The van der Waals surface area contributed by atoms with E-state index in [1.54, 1.807) is 13.0 Å². The molecule has 5 N–H and O–H groups in total. The number of aromatic nitrogens is 1. The number of aromatic amines is 1. The molecule has 1 aromatic carbocycles. The molecule has 0 spiro atoms. The van der Waals surface area contributed by atoms with Crippen LogP contribution in [0.3, 0.4) is 0 Å². The number of benzene rings is 1. The van der Waals surface area contributed by atoms with E-state index in [1.165, 1.54) is 35.2 Å². The first-order valence-electron chi connectivity index (χ1n) is 11.7. The minimum atomic E-state index is -1.63. The lowest BCUT2D eigenvalue weighted by atomic mass is 9.72. The molecule has 0 aliphatic carbocycles. The average molecular weight is 525 g/mol. The second kappa shape index (κ2) is 10.8. The van der Waals surface area contributed by atoms with E-state index >= 15 is 0 Å². The molecule has 0 radical (unpaired) electrons. The number of carbonyl (C=O) groups is 5. The van der Waals surface area contributed by atoms with Gasteiger partial charge in [0, 0.05) is 25.7 Å². The molecule has 38 heavy (non-hydrogen) atoms. The smallest absolute Gasteiger partial charge is 0.534 e. The SMILES string of the molecule is CCN1CCN(C(=O)NC(C(=O)N[C@H]2Cc3cccc(C(=O)O)c3OB2O)c2cccc(=O)[nH]2)C(=O)C1=O. The summed E-state index contributed by atoms with van der Waals surface area (Å²) in [6.07, 6.45) is 0.00129. The highest BCUT2D eigenvalue weighted by atomic mass is 16.5. The quantitative estimate of drug-likeness (QED) is 0.224. The Kier molecular flexibility index (Phi) is 7.48. The van der Waals surface area contributed by atoms with Crippen LogP contribution in [0, 0.1) is 0 Å². The van der Waals surface area contributed by atoms with E-state index in [4.69, 9.17) is 4.65 Å². The first-order valence-corrected chi connectivity index (χ1v) is 11.7. The van der Waals surface area contributed by atoms with Gasteiger partial charge in [0.15, 0.2) is 0 Å². The third kappa shape index (κ3) is 5.22. The van der Waals surface area contributed by atoms with E-state index in [9.17, 15) is 38.9 Å². The summed E-state index contributed by atoms with van der Waals surface area (Å²) in [6.45, 7) is 2.01. The number of hydrogen-bond donors (Lipinski definition) is 5. The third-order valence-electron chi connectivity index (χ3n) is 6.24. The molecule has 2 aliphatic rings. The number of fused-ring (bicyclic) bond motifs is 1. The fourth-order valence-corrected chi connectivity index (χ4v) is 4.27. The molecule has 2 atom stereocenters. The molecule has 14 nitrogen and oxygen atoms in total. The average Bonchev–Trinajstić information content (AvgIpc) is 2.88. The van der Waals surface area contributed by atoms with Crippen LogP contribution in [-0.4, -0.2) is 87.3 Å². The fraction of sp³-hybridized carbons (Fsp3) is 0.304. The lowest BCUT2D eigenvalue weighted by Gasteiger charge is -2.33. The van der Waals surface area contributed by atoms with Crippen LogP contribution >= 0.6 is 0 Å². The van der Waals surface area contributed by atoms with Crippen molar-refractivity contribution < 1.29 is 38.8 Å². The van der Waals surface area contributed by atoms with E-state index < -0.39 is 54.4 Å². The molecule has 1 fully saturated rings. The second-order valence-corrected chi connectivity index (χ2v) is 8.62. The summed E-state index contributed by atoms with van der Waals surface area (Å²) in [6, 6.07) is 5.77. The van der Waals surface area contributed by atoms with Gasteiger partial charge in [0.1, 0.15) is 11.8 Å². The van der Waals surface area contributed by atoms with Crippen LogP contribution in [0.15, 0.2) is 41.2 Å². The van der Waals surface area contributed by atoms with Crippen LogP contribution in [0.5, 0.6) is 5.75 Å². The van der Waals surface area contributed by atoms with Crippen molar-refractivity contribution in [2.24, 2.45) is 0 Å². The topological polar surface area (TPSA) is 198 Å². The van der Waals surface area contributed by atoms with Crippen molar-refractivity contribution in [3.8, 4) is 5.75 Å². The predicted octanol–water partition coefficient (Wildman–Crippen LogP) is -1.35. The van der Waals surface area contributed by atoms with Crippen molar-refractivity contribution in [2.45, 2.75) is 25.3 Å². The van der Waals surface area contributed by atoms with Crippen molar-refractivity contribution in [1.29, 1.82) is 0 Å². The normalized spacial score (nSPS) is 17.8. The van der Waals surface area contributed by atoms with E-state index in [1.807, 2.05) is 0 Å². The minimum absolute atomic E-state index is 0.00129. The van der Waals surface area contributed by atoms with Gasteiger partial charge in [0.2, 0.25) is 11.5 Å². The molecule has 1 aromatic heterocycles. The van der Waals surface area contributed by atoms with Gasteiger partial charge in [-0.1, -0.05) is 18.2 Å². The Labute approximate surface area is 215 Å². The molecule has 1 saturated heterocycles. The molecule has 1 unspecified atom stereocenters. The number of hydrogen-bond acceptors (Lipinski definition) is 8. The van der Waals surface area contributed by atoms with Crippen LogP contribution in [0.2, 0.25) is 0 Å². The van der Waals surface area contributed by atoms with Crippen LogP contribution in [0.25, 0.3) is 0 Å². The Morgan fingerprint density at radius 2 is 1.87 bits per heavy atom. The summed E-state index contributed by atoms with van der Waals surface area (Å²) in [7, 11) is -1.63. The summed E-state index contributed by atoms with van der Waals surface area (Å²) in [4.78, 5) is 78.8. The molecule has 0 saturated carbocycles. The Bertz CT molecular complexity index is 1360. The molecule has 198 valence electrons. The van der Waals surface area contributed by atoms with Gasteiger partial charge in [-0.2, -0.15) is 0 Å². The summed E-state index contributed by atoms with van der Waals surface area (Å²) in [5, 5.41) is 24.8. The summed E-state index contributed by atoms with van der Waals surface area (Å²) >= 11 is 0. The highest BCUT2D eigenvalue weighted by Gasteiger charge is 2.41. The van der Waals surface area contributed by atoms with E-state index in [0.29, 0.717) is 17.0 Å². The number of nitrogens with one attached hydrogen (secondary N) is 3. The summed E-state index contributed by atoms with van der Waals surface area (Å²) in [5.74, 6) is -5.10. The number of carboxylic acids is 1. The Balaban J connectivity index is 1.56. The van der Waals surface area contributed by atoms with Crippen LogP contribution < -0.4 is 20.8 Å². The van der Waals surface area contributed by atoms with E-state index in [2.05, 4.69) is 15.6 Å². The zero-order valence-corrected chi connectivity index (χ0v) is 20.2. The minimum Gasteiger partial charge on any atom is -0.534 e. The van der Waals surface area contributed by atoms with Crippen LogP contribution in [0.1, 0.15) is 34.6 Å². The zero-order chi connectivity index (χ0) is 27.6. The van der Waals surface area contributed by atoms with Crippen molar-refractivity contribution >= 4 is 36.8 Å². The van der Waals surface area contributed by atoms with Crippen molar-refractivity contribution in [3.63, 3.8) is 0 Å². The monoisotopic (exact) mass is 525 g/mol. The molecule has 15 heteroatoms. The molecule has 2 aliphatic heterocycles. The van der Waals surface area contributed by atoms with Crippen LogP contribution in [0.4, 0.5) is 4.79 Å². The first kappa shape index (κ1) is 26.4. The molecule has 5 amide bonds. The molecular formula is C23H24BN5O9. The van der Waals surface area contributed by atoms with Gasteiger partial charge in [0.05, 0.1) is 17.2 Å². The number of likely N-dealkylation sites (N-methyl/N-ethyl adjacent to an activating group) is 1. The number of aromatic carboxylic acids is 1. The maximum absolute atomic E-state index is 13.3. The van der Waals surface area contributed by atoms with Crippen molar-refractivity contribution in [3.05, 3.63) is 63.6 Å². The number of carboxylic acid groups (broad SMARTS) is 1. The molecule has 2 aromatic rings. The number of pyridine rings is 1. The Morgan fingerprint density at radius 3 is 2.55 bits per heavy atom. The van der Waals surface area contributed by atoms with Gasteiger partial charge in [-0.15, -0.1) is 0 Å². The number of piperazine rings is 1. The van der Waals surface area contributed by atoms with Gasteiger partial charge in [-0.25, -0.2) is 9.59 Å². The van der Waals surface area contributed by atoms with Crippen molar-refractivity contribution in [2.75, 3.05) is 19.6 Å². The number of nitrogens with zero attached hydrogens (tertiary/aromatic N) is 2.